The van der Waals surface area contributed by atoms with Gasteiger partial charge in [-0.25, -0.2) is 8.78 Å². The third-order valence-corrected chi connectivity index (χ3v) is 2.92. The van der Waals surface area contributed by atoms with Gasteiger partial charge in [0.1, 0.15) is 12.4 Å². The molecule has 1 N–H and O–H groups in total. The summed E-state index contributed by atoms with van der Waals surface area (Å²) in [6.07, 6.45) is 2.30. The monoisotopic (exact) mass is 271 g/mol. The third-order valence-electron chi connectivity index (χ3n) is 2.92. The van der Waals surface area contributed by atoms with Crippen LogP contribution in [0, 0.1) is 17.6 Å². The van der Waals surface area contributed by atoms with Crippen LogP contribution in [0.15, 0.2) is 18.2 Å². The largest absolute Gasteiger partial charge is 0.489 e. The zero-order valence-electron chi connectivity index (χ0n) is 11.9. The topological polar surface area (TPSA) is 21.3 Å². The first-order valence-corrected chi connectivity index (χ1v) is 6.80. The number of benzene rings is 1. The molecule has 0 saturated heterocycles. The maximum Gasteiger partial charge on any atom is 0.167 e. The lowest BCUT2D eigenvalue weighted by atomic mass is 10.0. The van der Waals surface area contributed by atoms with Crippen molar-refractivity contribution in [3.05, 3.63) is 29.8 Å². The smallest absolute Gasteiger partial charge is 0.167 e. The van der Waals surface area contributed by atoms with E-state index in [2.05, 4.69) is 26.1 Å². The molecule has 0 aromatic heterocycles. The Hall–Kier alpha value is -1.16. The van der Waals surface area contributed by atoms with Crippen molar-refractivity contribution in [2.75, 3.05) is 13.2 Å². The summed E-state index contributed by atoms with van der Waals surface area (Å²) in [5, 5.41) is 3.32. The molecule has 0 saturated carbocycles. The van der Waals surface area contributed by atoms with Crippen LogP contribution in [0.1, 0.15) is 33.6 Å². The van der Waals surface area contributed by atoms with Gasteiger partial charge in [-0.2, -0.15) is 0 Å². The molecule has 4 heteroatoms. The lowest BCUT2D eigenvalue weighted by Crippen LogP contribution is -2.30. The van der Waals surface area contributed by atoms with Crippen molar-refractivity contribution in [3.63, 3.8) is 0 Å². The highest BCUT2D eigenvalue weighted by Crippen LogP contribution is 2.17. The van der Waals surface area contributed by atoms with Gasteiger partial charge in [0.15, 0.2) is 11.6 Å². The molecule has 0 fully saturated rings. The highest BCUT2D eigenvalue weighted by atomic mass is 19.1. The molecule has 0 aliphatic heterocycles. The van der Waals surface area contributed by atoms with Gasteiger partial charge >= 0.3 is 0 Å². The second-order valence-electron chi connectivity index (χ2n) is 5.25. The molecule has 1 unspecified atom stereocenters. The van der Waals surface area contributed by atoms with Crippen molar-refractivity contribution in [1.29, 1.82) is 0 Å². The highest BCUT2D eigenvalue weighted by molar-refractivity contribution is 5.24. The molecule has 0 aliphatic carbocycles. The first kappa shape index (κ1) is 15.9. The van der Waals surface area contributed by atoms with Crippen molar-refractivity contribution >= 4 is 0 Å². The molecule has 0 aliphatic rings. The summed E-state index contributed by atoms with van der Waals surface area (Å²) in [6.45, 7) is 7.55. The summed E-state index contributed by atoms with van der Waals surface area (Å²) in [5.41, 5.74) is 0. The van der Waals surface area contributed by atoms with Crippen molar-refractivity contribution in [2.45, 2.75) is 39.7 Å². The molecule has 108 valence electrons. The number of hydrogen-bond acceptors (Lipinski definition) is 2. The van der Waals surface area contributed by atoms with Crippen LogP contribution in [-0.4, -0.2) is 19.2 Å². The lowest BCUT2D eigenvalue weighted by molar-refractivity contribution is 0.289. The molecular weight excluding hydrogens is 248 g/mol. The van der Waals surface area contributed by atoms with E-state index in [1.165, 1.54) is 18.6 Å². The van der Waals surface area contributed by atoms with Crippen LogP contribution in [0.4, 0.5) is 8.78 Å². The van der Waals surface area contributed by atoms with Crippen molar-refractivity contribution in [1.82, 2.24) is 5.32 Å². The Balaban J connectivity index is 2.20. The summed E-state index contributed by atoms with van der Waals surface area (Å²) < 4.78 is 31.2. The fourth-order valence-electron chi connectivity index (χ4n) is 1.74. The fraction of sp³-hybridized carbons (Fsp3) is 0.600. The molecule has 0 heterocycles. The van der Waals surface area contributed by atoms with E-state index < -0.39 is 11.6 Å². The number of nitrogens with one attached hydrogen (secondary N) is 1. The van der Waals surface area contributed by atoms with Crippen molar-refractivity contribution < 1.29 is 13.5 Å². The predicted octanol–water partition coefficient (Wildman–Crippen LogP) is 3.76. The van der Waals surface area contributed by atoms with Gasteiger partial charge in [0.2, 0.25) is 0 Å². The molecule has 0 amide bonds. The lowest BCUT2D eigenvalue weighted by Gasteiger charge is -2.15. The summed E-state index contributed by atoms with van der Waals surface area (Å²) >= 11 is 0. The van der Waals surface area contributed by atoms with Crippen LogP contribution in [0.3, 0.4) is 0 Å². The van der Waals surface area contributed by atoms with Crippen LogP contribution < -0.4 is 10.1 Å². The van der Waals surface area contributed by atoms with Gasteiger partial charge in [-0.1, -0.05) is 13.8 Å². The maximum absolute atomic E-state index is 13.3. The Morgan fingerprint density at radius 3 is 2.53 bits per heavy atom. The van der Waals surface area contributed by atoms with Crippen LogP contribution >= 0.6 is 0 Å². The minimum atomic E-state index is -0.659. The first-order chi connectivity index (χ1) is 8.99. The van der Waals surface area contributed by atoms with E-state index in [0.29, 0.717) is 25.1 Å². The second kappa shape index (κ2) is 8.10. The molecule has 0 radical (unpaired) electrons. The van der Waals surface area contributed by atoms with Gasteiger partial charge in [-0.3, -0.25) is 0 Å². The molecule has 1 atom stereocenters. The summed E-state index contributed by atoms with van der Waals surface area (Å²) in [4.78, 5) is 0. The normalized spacial score (nSPS) is 12.7. The van der Waals surface area contributed by atoms with E-state index in [9.17, 15) is 8.78 Å². The highest BCUT2D eigenvalue weighted by Gasteiger charge is 2.06. The Bertz CT molecular complexity index is 382. The maximum atomic E-state index is 13.3. The Labute approximate surface area is 114 Å². The predicted molar refractivity (Wildman–Crippen MR) is 73.4 cm³/mol. The van der Waals surface area contributed by atoms with Gasteiger partial charge < -0.3 is 10.1 Å². The van der Waals surface area contributed by atoms with Gasteiger partial charge in [-0.15, -0.1) is 0 Å². The van der Waals surface area contributed by atoms with E-state index >= 15 is 0 Å². The number of hydrogen-bond donors (Lipinski definition) is 1. The van der Waals surface area contributed by atoms with Crippen LogP contribution in [0.5, 0.6) is 5.75 Å². The third kappa shape index (κ3) is 6.53. The number of halogens is 2. The van der Waals surface area contributed by atoms with Gasteiger partial charge in [0.25, 0.3) is 0 Å². The van der Waals surface area contributed by atoms with Gasteiger partial charge in [-0.05, 0) is 37.8 Å². The summed E-state index contributed by atoms with van der Waals surface area (Å²) in [6, 6.07) is 3.75. The molecule has 2 nitrogen and oxygen atoms in total. The zero-order chi connectivity index (χ0) is 14.3. The first-order valence-electron chi connectivity index (χ1n) is 6.80. The zero-order valence-corrected chi connectivity index (χ0v) is 11.9. The Morgan fingerprint density at radius 1 is 1.16 bits per heavy atom. The van der Waals surface area contributed by atoms with Crippen LogP contribution in [0.25, 0.3) is 0 Å². The molecule has 0 spiro atoms. The fourth-order valence-corrected chi connectivity index (χ4v) is 1.74. The molecule has 1 aromatic carbocycles. The molecule has 0 bridgehead atoms. The second-order valence-corrected chi connectivity index (χ2v) is 5.25. The van der Waals surface area contributed by atoms with Gasteiger partial charge in [0, 0.05) is 18.7 Å². The van der Waals surface area contributed by atoms with Crippen LogP contribution in [-0.2, 0) is 0 Å². The van der Waals surface area contributed by atoms with Crippen molar-refractivity contribution in [3.8, 4) is 5.75 Å². The molecule has 1 rings (SSSR count). The minimum absolute atomic E-state index is 0.0954. The van der Waals surface area contributed by atoms with E-state index in [4.69, 9.17) is 4.74 Å². The molecule has 1 aromatic rings. The summed E-state index contributed by atoms with van der Waals surface area (Å²) in [7, 11) is 0. The average Bonchev–Trinajstić information content (AvgIpc) is 2.34. The number of ether oxygens (including phenoxy) is 1. The Kier molecular flexibility index (Phi) is 6.78. The average molecular weight is 271 g/mol. The minimum Gasteiger partial charge on any atom is -0.489 e. The molecular formula is C15H23F2NO. The van der Waals surface area contributed by atoms with E-state index in [1.54, 1.807) is 0 Å². The van der Waals surface area contributed by atoms with E-state index in [1.807, 2.05) is 0 Å². The SMILES string of the molecule is CC(C)CCC(C)NCCOc1ccc(F)cc1F. The van der Waals surface area contributed by atoms with Gasteiger partial charge in [0.05, 0.1) is 0 Å². The quantitative estimate of drug-likeness (QED) is 0.727. The molecule has 19 heavy (non-hydrogen) atoms. The van der Waals surface area contributed by atoms with Crippen LogP contribution in [0.2, 0.25) is 0 Å². The Morgan fingerprint density at radius 2 is 1.89 bits per heavy atom. The summed E-state index contributed by atoms with van der Waals surface area (Å²) in [5.74, 6) is -0.454. The van der Waals surface area contributed by atoms with Crippen molar-refractivity contribution in [2.24, 2.45) is 5.92 Å². The van der Waals surface area contributed by atoms with E-state index in [-0.39, 0.29) is 5.75 Å². The standard InChI is InChI=1S/C15H23F2NO/c1-11(2)4-5-12(3)18-8-9-19-15-7-6-13(16)10-14(15)17/h6-7,10-12,18H,4-5,8-9H2,1-3H3. The number of rotatable bonds is 8. The van der Waals surface area contributed by atoms with E-state index in [0.717, 1.165) is 12.5 Å².